The average molecular weight is 496 g/mol. The highest BCUT2D eigenvalue weighted by Crippen LogP contribution is 2.33. The number of amides is 1. The van der Waals surface area contributed by atoms with Crippen molar-refractivity contribution in [2.45, 2.75) is 11.4 Å². The zero-order valence-corrected chi connectivity index (χ0v) is 19.9. The number of benzene rings is 3. The lowest BCUT2D eigenvalue weighted by atomic mass is 10.2. The third-order valence-electron chi connectivity index (χ3n) is 5.24. The molecule has 0 fully saturated rings. The molecule has 0 radical (unpaired) electrons. The third-order valence-corrected chi connectivity index (χ3v) is 7.64. The van der Waals surface area contributed by atoms with Gasteiger partial charge in [0.15, 0.2) is 11.5 Å². The Morgan fingerprint density at radius 1 is 1.03 bits per heavy atom. The molecule has 1 aliphatic rings. The summed E-state index contributed by atoms with van der Waals surface area (Å²) in [5.74, 6) is 0.656. The maximum atomic E-state index is 13.0. The van der Waals surface area contributed by atoms with Crippen molar-refractivity contribution in [3.05, 3.63) is 77.3 Å². The van der Waals surface area contributed by atoms with Crippen molar-refractivity contribution in [1.29, 1.82) is 0 Å². The largest absolute Gasteiger partial charge is 0.486 e. The van der Waals surface area contributed by atoms with E-state index in [0.29, 0.717) is 36.8 Å². The number of anilines is 1. The van der Waals surface area contributed by atoms with Gasteiger partial charge in [0, 0.05) is 24.4 Å². The van der Waals surface area contributed by atoms with Crippen molar-refractivity contribution in [2.24, 2.45) is 0 Å². The van der Waals surface area contributed by atoms with Crippen LogP contribution in [0.3, 0.4) is 0 Å². The predicted octanol–water partition coefficient (Wildman–Crippen LogP) is 4.14. The van der Waals surface area contributed by atoms with Gasteiger partial charge in [-0.2, -0.15) is 0 Å². The lowest BCUT2D eigenvalue weighted by Crippen LogP contribution is -2.26. The van der Waals surface area contributed by atoms with Crippen molar-refractivity contribution < 1.29 is 22.7 Å². The van der Waals surface area contributed by atoms with E-state index < -0.39 is 10.0 Å². The number of fused-ring (bicyclic) bond motifs is 2. The lowest BCUT2D eigenvalue weighted by Gasteiger charge is -2.19. The van der Waals surface area contributed by atoms with E-state index in [1.54, 1.807) is 47.5 Å². The Kier molecular flexibility index (Phi) is 5.84. The predicted molar refractivity (Wildman–Crippen MR) is 130 cm³/mol. The summed E-state index contributed by atoms with van der Waals surface area (Å²) in [5.41, 5.74) is 1.55. The lowest BCUT2D eigenvalue weighted by molar-refractivity contribution is 0.0785. The van der Waals surface area contributed by atoms with Gasteiger partial charge in [0.1, 0.15) is 18.2 Å². The van der Waals surface area contributed by atoms with Crippen molar-refractivity contribution in [2.75, 3.05) is 25.0 Å². The molecule has 0 saturated heterocycles. The fourth-order valence-electron chi connectivity index (χ4n) is 3.60. The van der Waals surface area contributed by atoms with E-state index in [2.05, 4.69) is 9.71 Å². The van der Waals surface area contributed by atoms with E-state index in [4.69, 9.17) is 9.47 Å². The molecule has 8 nitrogen and oxygen atoms in total. The molecule has 0 atom stereocenters. The van der Waals surface area contributed by atoms with Crippen LogP contribution in [0, 0.1) is 0 Å². The molecule has 0 bridgehead atoms. The minimum atomic E-state index is -3.89. The summed E-state index contributed by atoms with van der Waals surface area (Å²) >= 11 is 1.54. The maximum Gasteiger partial charge on any atom is 0.262 e. The number of sulfonamides is 1. The fourth-order valence-corrected chi connectivity index (χ4v) is 5.69. The molecular weight excluding hydrogens is 474 g/mol. The van der Waals surface area contributed by atoms with Gasteiger partial charge >= 0.3 is 0 Å². The van der Waals surface area contributed by atoms with Crippen LogP contribution in [0.15, 0.2) is 71.6 Å². The monoisotopic (exact) mass is 495 g/mol. The number of carbonyl (C=O) groups excluding carboxylic acids is 1. The number of ether oxygens (including phenoxy) is 2. The molecule has 1 amide bonds. The molecule has 174 valence electrons. The van der Waals surface area contributed by atoms with Crippen molar-refractivity contribution in [3.63, 3.8) is 0 Å². The summed E-state index contributed by atoms with van der Waals surface area (Å²) in [6.45, 7) is 1.13. The first-order valence-electron chi connectivity index (χ1n) is 10.5. The van der Waals surface area contributed by atoms with Gasteiger partial charge in [0.25, 0.3) is 15.9 Å². The maximum absolute atomic E-state index is 13.0. The molecule has 10 heteroatoms. The van der Waals surface area contributed by atoms with Gasteiger partial charge in [-0.1, -0.05) is 18.2 Å². The molecule has 0 spiro atoms. The van der Waals surface area contributed by atoms with Crippen LogP contribution >= 0.6 is 11.3 Å². The molecule has 1 aromatic heterocycles. The highest BCUT2D eigenvalue weighted by Gasteiger charge is 2.21. The summed E-state index contributed by atoms with van der Waals surface area (Å²) in [6, 6.07) is 18.7. The molecule has 1 N–H and O–H groups in total. The number of nitrogens with one attached hydrogen (secondary N) is 1. The normalized spacial score (nSPS) is 13.0. The Bertz CT molecular complexity index is 1450. The van der Waals surface area contributed by atoms with Gasteiger partial charge in [-0.25, -0.2) is 13.4 Å². The van der Waals surface area contributed by atoms with Crippen LogP contribution in [0.1, 0.15) is 15.4 Å². The van der Waals surface area contributed by atoms with Crippen molar-refractivity contribution in [1.82, 2.24) is 9.88 Å². The first-order chi connectivity index (χ1) is 16.4. The summed E-state index contributed by atoms with van der Waals surface area (Å²) in [6.07, 6.45) is 0. The zero-order chi connectivity index (χ0) is 23.7. The van der Waals surface area contributed by atoms with Gasteiger partial charge in [0.05, 0.1) is 21.7 Å². The van der Waals surface area contributed by atoms with Gasteiger partial charge in [-0.15, -0.1) is 11.3 Å². The van der Waals surface area contributed by atoms with E-state index >= 15 is 0 Å². The molecule has 0 aliphatic carbocycles. The van der Waals surface area contributed by atoms with E-state index in [-0.39, 0.29) is 16.5 Å². The highest BCUT2D eigenvalue weighted by molar-refractivity contribution is 7.92. The van der Waals surface area contributed by atoms with Crippen LogP contribution in [0.5, 0.6) is 11.5 Å². The van der Waals surface area contributed by atoms with E-state index in [1.807, 2.05) is 24.3 Å². The Hall–Kier alpha value is -3.63. The van der Waals surface area contributed by atoms with Gasteiger partial charge < -0.3 is 14.4 Å². The second kappa shape index (κ2) is 8.96. The molecule has 4 aromatic rings. The van der Waals surface area contributed by atoms with Crippen LogP contribution in [-0.4, -0.2) is 44.5 Å². The Labute approximate surface area is 200 Å². The standard InChI is InChI=1S/C24H21N3O5S2/c1-27(15-23-25-19-7-2-3-8-22(19)33-23)24(28)16-5-4-6-17(13-16)26-34(29,30)18-9-10-20-21(14-18)32-12-11-31-20/h2-10,13-14,26H,11-12,15H2,1H3. The SMILES string of the molecule is CN(Cc1nc2ccccc2s1)C(=O)c1cccc(NS(=O)(=O)c2ccc3c(c2)OCCO3)c1. The van der Waals surface area contributed by atoms with Gasteiger partial charge in [0.2, 0.25) is 0 Å². The molecule has 0 unspecified atom stereocenters. The zero-order valence-electron chi connectivity index (χ0n) is 18.2. The number of aromatic nitrogens is 1. The topological polar surface area (TPSA) is 97.8 Å². The number of hydrogen-bond acceptors (Lipinski definition) is 7. The second-order valence-corrected chi connectivity index (χ2v) is 10.5. The second-order valence-electron chi connectivity index (χ2n) is 7.73. The van der Waals surface area contributed by atoms with Crippen LogP contribution in [0.25, 0.3) is 10.2 Å². The molecule has 1 aliphatic heterocycles. The Morgan fingerprint density at radius 3 is 2.65 bits per heavy atom. The van der Waals surface area contributed by atoms with E-state index in [1.165, 1.54) is 18.2 Å². The minimum Gasteiger partial charge on any atom is -0.486 e. The molecule has 3 aromatic carbocycles. The Balaban J connectivity index is 1.32. The number of rotatable bonds is 6. The third kappa shape index (κ3) is 4.55. The number of para-hydroxylation sites is 1. The molecule has 5 rings (SSSR count). The van der Waals surface area contributed by atoms with Gasteiger partial charge in [-0.05, 0) is 42.5 Å². The first kappa shape index (κ1) is 22.2. The number of thiazole rings is 1. The van der Waals surface area contributed by atoms with Crippen LogP contribution in [-0.2, 0) is 16.6 Å². The van der Waals surface area contributed by atoms with Crippen molar-refractivity contribution >= 4 is 43.2 Å². The molecule has 34 heavy (non-hydrogen) atoms. The summed E-state index contributed by atoms with van der Waals surface area (Å²) in [7, 11) is -2.20. The number of nitrogens with zero attached hydrogens (tertiary/aromatic N) is 2. The van der Waals surface area contributed by atoms with E-state index in [9.17, 15) is 13.2 Å². The summed E-state index contributed by atoms with van der Waals surface area (Å²) in [4.78, 5) is 19.2. The first-order valence-corrected chi connectivity index (χ1v) is 12.8. The van der Waals surface area contributed by atoms with E-state index in [0.717, 1.165) is 15.2 Å². The molecular formula is C24H21N3O5S2. The summed E-state index contributed by atoms with van der Waals surface area (Å²) in [5, 5.41) is 0.826. The molecule has 2 heterocycles. The quantitative estimate of drug-likeness (QED) is 0.432. The Morgan fingerprint density at radius 2 is 1.82 bits per heavy atom. The number of hydrogen-bond donors (Lipinski definition) is 1. The number of carbonyl (C=O) groups is 1. The average Bonchev–Trinajstić information content (AvgIpc) is 3.25. The fraction of sp³-hybridized carbons (Fsp3) is 0.167. The smallest absolute Gasteiger partial charge is 0.262 e. The van der Waals surface area contributed by atoms with Crippen LogP contribution in [0.4, 0.5) is 5.69 Å². The summed E-state index contributed by atoms with van der Waals surface area (Å²) < 4.78 is 40.4. The van der Waals surface area contributed by atoms with Crippen LogP contribution < -0.4 is 14.2 Å². The van der Waals surface area contributed by atoms with Crippen LogP contribution in [0.2, 0.25) is 0 Å². The van der Waals surface area contributed by atoms with Gasteiger partial charge in [-0.3, -0.25) is 9.52 Å². The van der Waals surface area contributed by atoms with Crippen molar-refractivity contribution in [3.8, 4) is 11.5 Å². The minimum absolute atomic E-state index is 0.0430. The molecule has 0 saturated carbocycles. The highest BCUT2D eigenvalue weighted by atomic mass is 32.2.